The topological polar surface area (TPSA) is 66.5 Å². The Morgan fingerprint density at radius 3 is 2.48 bits per heavy atom. The summed E-state index contributed by atoms with van der Waals surface area (Å²) < 4.78 is 27.2. The smallest absolute Gasteiger partial charge is 0.252 e. The molecule has 1 aliphatic heterocycles. The van der Waals surface area contributed by atoms with Gasteiger partial charge in [0.1, 0.15) is 4.21 Å². The molecule has 1 fully saturated rings. The summed E-state index contributed by atoms with van der Waals surface area (Å²) in [4.78, 5) is 14.6. The van der Waals surface area contributed by atoms with E-state index in [4.69, 9.17) is 0 Å². The van der Waals surface area contributed by atoms with Crippen molar-refractivity contribution in [2.45, 2.75) is 29.5 Å². The Kier molecular flexibility index (Phi) is 6.15. The van der Waals surface area contributed by atoms with Crippen molar-refractivity contribution >= 4 is 38.6 Å². The highest BCUT2D eigenvalue weighted by molar-refractivity contribution is 7.91. The van der Waals surface area contributed by atoms with Crippen LogP contribution in [0.4, 0.5) is 0 Å². The molecule has 1 amide bonds. The van der Waals surface area contributed by atoms with Gasteiger partial charge in [-0.05, 0) is 42.0 Å². The van der Waals surface area contributed by atoms with Crippen LogP contribution in [0.5, 0.6) is 0 Å². The van der Waals surface area contributed by atoms with Crippen molar-refractivity contribution < 1.29 is 13.2 Å². The van der Waals surface area contributed by atoms with Crippen LogP contribution in [0.15, 0.2) is 64.2 Å². The van der Waals surface area contributed by atoms with E-state index in [1.165, 1.54) is 15.6 Å². The molecule has 1 saturated heterocycles. The van der Waals surface area contributed by atoms with Crippen LogP contribution in [0.25, 0.3) is 0 Å². The molecular weight excluding hydrogens is 424 g/mol. The van der Waals surface area contributed by atoms with Crippen LogP contribution < -0.4 is 5.32 Å². The Labute approximate surface area is 179 Å². The van der Waals surface area contributed by atoms with E-state index in [-0.39, 0.29) is 18.4 Å². The maximum absolute atomic E-state index is 12.7. The highest BCUT2D eigenvalue weighted by Gasteiger charge is 2.28. The molecule has 1 unspecified atom stereocenters. The van der Waals surface area contributed by atoms with Gasteiger partial charge in [0.05, 0.1) is 12.5 Å². The maximum Gasteiger partial charge on any atom is 0.252 e. The summed E-state index contributed by atoms with van der Waals surface area (Å²) in [6, 6.07) is 17.0. The summed E-state index contributed by atoms with van der Waals surface area (Å²) in [5, 5.41) is 5.10. The van der Waals surface area contributed by atoms with Gasteiger partial charge in [-0.15, -0.1) is 22.7 Å². The Hall–Kier alpha value is -2.00. The molecule has 0 spiro atoms. The lowest BCUT2D eigenvalue weighted by Gasteiger charge is -2.18. The number of amides is 1. The van der Waals surface area contributed by atoms with E-state index in [0.717, 1.165) is 28.2 Å². The molecule has 0 saturated carbocycles. The average molecular weight is 447 g/mol. The van der Waals surface area contributed by atoms with Crippen LogP contribution in [0, 0.1) is 0 Å². The van der Waals surface area contributed by atoms with Crippen LogP contribution in [-0.2, 0) is 21.2 Å². The number of sulfonamides is 1. The van der Waals surface area contributed by atoms with Crippen LogP contribution in [0.3, 0.4) is 0 Å². The fourth-order valence-corrected chi connectivity index (χ4v) is 7.27. The third-order valence-electron chi connectivity index (χ3n) is 4.90. The second kappa shape index (κ2) is 8.79. The molecule has 3 heterocycles. The summed E-state index contributed by atoms with van der Waals surface area (Å²) in [6.45, 7) is 1.16. The molecule has 29 heavy (non-hydrogen) atoms. The van der Waals surface area contributed by atoms with Crippen LogP contribution >= 0.6 is 22.7 Å². The second-order valence-corrected chi connectivity index (χ2v) is 11.2. The highest BCUT2D eigenvalue weighted by Crippen LogP contribution is 2.29. The SMILES string of the molecule is O=C(Cc1ccc(S(=O)(=O)N2CCCC2)s1)NC(c1ccccc1)c1cccs1. The normalized spacial score (nSPS) is 16.0. The summed E-state index contributed by atoms with van der Waals surface area (Å²) >= 11 is 2.79. The van der Waals surface area contributed by atoms with Crippen molar-refractivity contribution in [1.82, 2.24) is 9.62 Å². The Morgan fingerprint density at radius 2 is 1.79 bits per heavy atom. The van der Waals surface area contributed by atoms with Crippen LogP contribution in [0.2, 0.25) is 0 Å². The second-order valence-electron chi connectivity index (χ2n) is 6.94. The fourth-order valence-electron chi connectivity index (χ4n) is 3.44. The first-order valence-electron chi connectivity index (χ1n) is 9.50. The maximum atomic E-state index is 12.7. The van der Waals surface area contributed by atoms with Crippen molar-refractivity contribution in [2.24, 2.45) is 0 Å². The van der Waals surface area contributed by atoms with Crippen molar-refractivity contribution in [3.8, 4) is 0 Å². The van der Waals surface area contributed by atoms with Gasteiger partial charge in [0.25, 0.3) is 10.0 Å². The van der Waals surface area contributed by atoms with E-state index in [0.29, 0.717) is 17.3 Å². The quantitative estimate of drug-likeness (QED) is 0.596. The Balaban J connectivity index is 1.47. The summed E-state index contributed by atoms with van der Waals surface area (Å²) in [6.07, 6.45) is 1.97. The molecule has 1 atom stereocenters. The molecule has 0 bridgehead atoms. The number of nitrogens with zero attached hydrogens (tertiary/aromatic N) is 1. The lowest BCUT2D eigenvalue weighted by molar-refractivity contribution is -0.120. The van der Waals surface area contributed by atoms with E-state index in [9.17, 15) is 13.2 Å². The van der Waals surface area contributed by atoms with Gasteiger partial charge in [0.15, 0.2) is 0 Å². The molecule has 8 heteroatoms. The molecule has 2 aromatic heterocycles. The third-order valence-corrected chi connectivity index (χ3v) is 9.29. The predicted molar refractivity (Wildman–Crippen MR) is 117 cm³/mol. The number of thiophene rings is 2. The number of hydrogen-bond acceptors (Lipinski definition) is 5. The van der Waals surface area contributed by atoms with Crippen molar-refractivity contribution in [3.05, 3.63) is 75.3 Å². The van der Waals surface area contributed by atoms with Crippen molar-refractivity contribution in [2.75, 3.05) is 13.1 Å². The Morgan fingerprint density at radius 1 is 1.03 bits per heavy atom. The number of nitrogens with one attached hydrogen (secondary N) is 1. The zero-order valence-electron chi connectivity index (χ0n) is 15.8. The van der Waals surface area contributed by atoms with Gasteiger partial charge < -0.3 is 5.32 Å². The number of benzene rings is 1. The average Bonchev–Trinajstić information content (AvgIpc) is 3.49. The largest absolute Gasteiger partial charge is 0.344 e. The Bertz CT molecular complexity index is 1050. The molecule has 3 aromatic rings. The molecule has 1 aromatic carbocycles. The molecule has 1 N–H and O–H groups in total. The third kappa shape index (κ3) is 4.61. The minimum Gasteiger partial charge on any atom is -0.344 e. The first kappa shape index (κ1) is 20.3. The molecule has 152 valence electrons. The van der Waals surface area contributed by atoms with Crippen molar-refractivity contribution in [1.29, 1.82) is 0 Å². The monoisotopic (exact) mass is 446 g/mol. The molecule has 1 aliphatic rings. The van der Waals surface area contributed by atoms with Gasteiger partial charge in [0, 0.05) is 22.8 Å². The first-order valence-corrected chi connectivity index (χ1v) is 12.6. The van der Waals surface area contributed by atoms with Gasteiger partial charge >= 0.3 is 0 Å². The fraction of sp³-hybridized carbons (Fsp3) is 0.286. The zero-order chi connectivity index (χ0) is 20.3. The van der Waals surface area contributed by atoms with Gasteiger partial charge in [-0.3, -0.25) is 4.79 Å². The number of rotatable bonds is 7. The van der Waals surface area contributed by atoms with Crippen LogP contribution in [-0.4, -0.2) is 31.7 Å². The van der Waals surface area contributed by atoms with Gasteiger partial charge in [0.2, 0.25) is 5.91 Å². The van der Waals surface area contributed by atoms with Crippen LogP contribution in [0.1, 0.15) is 34.2 Å². The predicted octanol–water partition coefficient (Wildman–Crippen LogP) is 4.04. The number of carbonyl (C=O) groups excluding carboxylic acids is 1. The van der Waals surface area contributed by atoms with Gasteiger partial charge in [-0.1, -0.05) is 36.4 Å². The minimum atomic E-state index is -3.43. The molecular formula is C21H22N2O3S3. The lowest BCUT2D eigenvalue weighted by atomic mass is 10.1. The molecule has 0 radical (unpaired) electrons. The number of hydrogen-bond donors (Lipinski definition) is 1. The van der Waals surface area contributed by atoms with E-state index < -0.39 is 10.0 Å². The zero-order valence-corrected chi connectivity index (χ0v) is 18.2. The summed E-state index contributed by atoms with van der Waals surface area (Å²) in [5.74, 6) is -0.126. The molecule has 0 aliphatic carbocycles. The van der Waals surface area contributed by atoms with Gasteiger partial charge in [-0.2, -0.15) is 4.31 Å². The van der Waals surface area contributed by atoms with E-state index in [2.05, 4.69) is 5.32 Å². The van der Waals surface area contributed by atoms with Gasteiger partial charge in [-0.25, -0.2) is 8.42 Å². The van der Waals surface area contributed by atoms with E-state index in [1.54, 1.807) is 23.5 Å². The summed E-state index contributed by atoms with van der Waals surface area (Å²) in [7, 11) is -3.43. The molecule has 4 rings (SSSR count). The van der Waals surface area contributed by atoms with E-state index >= 15 is 0 Å². The lowest BCUT2D eigenvalue weighted by Crippen LogP contribution is -2.29. The first-order chi connectivity index (χ1) is 14.0. The van der Waals surface area contributed by atoms with Crippen molar-refractivity contribution in [3.63, 3.8) is 0 Å². The number of carbonyl (C=O) groups is 1. The molecule has 5 nitrogen and oxygen atoms in total. The minimum absolute atomic E-state index is 0.126. The summed E-state index contributed by atoms with van der Waals surface area (Å²) in [5.41, 5.74) is 1.02. The highest BCUT2D eigenvalue weighted by atomic mass is 32.2. The standard InChI is InChI=1S/C21H22N2O3S3/c24-19(22-21(18-9-6-14-27-18)16-7-2-1-3-8-16)15-17-10-11-20(28-17)29(25,26)23-12-4-5-13-23/h1-3,6-11,14,21H,4-5,12-13,15H2,(H,22,24). The van der Waals surface area contributed by atoms with E-state index in [1.807, 2.05) is 47.8 Å².